The Balaban J connectivity index is 2.65. The summed E-state index contributed by atoms with van der Waals surface area (Å²) in [5, 5.41) is 13.0. The van der Waals surface area contributed by atoms with Crippen LogP contribution in [0.4, 0.5) is 0 Å². The van der Waals surface area contributed by atoms with Gasteiger partial charge in [-0.25, -0.2) is 0 Å². The Morgan fingerprint density at radius 2 is 2.00 bits per heavy atom. The minimum absolute atomic E-state index is 0.0877. The van der Waals surface area contributed by atoms with Crippen molar-refractivity contribution in [3.05, 3.63) is 28.8 Å². The van der Waals surface area contributed by atoms with Crippen molar-refractivity contribution in [1.82, 2.24) is 5.32 Å². The molecular formula is C11H16ClNO. The molecule has 14 heavy (non-hydrogen) atoms. The zero-order chi connectivity index (χ0) is 10.8. The number of phenols is 1. The molecule has 0 aliphatic rings. The van der Waals surface area contributed by atoms with Gasteiger partial charge < -0.3 is 10.4 Å². The van der Waals surface area contributed by atoms with Crippen LogP contribution in [0.3, 0.4) is 0 Å². The van der Waals surface area contributed by atoms with Crippen molar-refractivity contribution >= 4 is 11.6 Å². The second-order valence-electron chi connectivity index (χ2n) is 4.39. The molecule has 1 rings (SSSR count). The molecule has 0 aliphatic heterocycles. The van der Waals surface area contributed by atoms with Crippen molar-refractivity contribution in [1.29, 1.82) is 0 Å². The van der Waals surface area contributed by atoms with E-state index >= 15 is 0 Å². The Hall–Kier alpha value is -0.730. The van der Waals surface area contributed by atoms with E-state index < -0.39 is 0 Å². The van der Waals surface area contributed by atoms with Crippen molar-refractivity contribution in [2.45, 2.75) is 32.9 Å². The lowest BCUT2D eigenvalue weighted by molar-refractivity contribution is 0.424. The van der Waals surface area contributed by atoms with Gasteiger partial charge in [-0.2, -0.15) is 0 Å². The molecule has 0 bridgehead atoms. The lowest BCUT2D eigenvalue weighted by Gasteiger charge is -2.20. The monoisotopic (exact) mass is 213 g/mol. The molecule has 0 saturated heterocycles. The lowest BCUT2D eigenvalue weighted by atomic mass is 10.1. The first-order valence-corrected chi connectivity index (χ1v) is 4.99. The van der Waals surface area contributed by atoms with Crippen LogP contribution in [0.5, 0.6) is 5.75 Å². The van der Waals surface area contributed by atoms with E-state index in [2.05, 4.69) is 26.1 Å². The molecule has 78 valence electrons. The number of hydrogen-bond donors (Lipinski definition) is 2. The fourth-order valence-corrected chi connectivity index (χ4v) is 1.23. The fourth-order valence-electron chi connectivity index (χ4n) is 1.03. The summed E-state index contributed by atoms with van der Waals surface area (Å²) in [7, 11) is 0. The molecule has 1 aromatic rings. The molecule has 0 fully saturated rings. The highest BCUT2D eigenvalue weighted by atomic mass is 35.5. The Morgan fingerprint density at radius 3 is 2.50 bits per heavy atom. The van der Waals surface area contributed by atoms with Crippen molar-refractivity contribution in [3.63, 3.8) is 0 Å². The number of hydrogen-bond acceptors (Lipinski definition) is 2. The maximum absolute atomic E-state index is 9.22. The van der Waals surface area contributed by atoms with Gasteiger partial charge in [0.05, 0.1) is 5.02 Å². The maximum Gasteiger partial charge on any atom is 0.134 e. The van der Waals surface area contributed by atoms with Crippen LogP contribution in [0.15, 0.2) is 18.2 Å². The molecule has 0 heterocycles. The Bertz CT molecular complexity index is 318. The second kappa shape index (κ2) is 4.20. The Kier molecular flexibility index (Phi) is 3.40. The summed E-state index contributed by atoms with van der Waals surface area (Å²) in [5.74, 6) is 0.131. The van der Waals surface area contributed by atoms with E-state index in [-0.39, 0.29) is 11.3 Å². The van der Waals surface area contributed by atoms with Gasteiger partial charge in [0, 0.05) is 12.1 Å². The largest absolute Gasteiger partial charge is 0.506 e. The second-order valence-corrected chi connectivity index (χ2v) is 4.80. The van der Waals surface area contributed by atoms with Gasteiger partial charge in [-0.15, -0.1) is 0 Å². The minimum Gasteiger partial charge on any atom is -0.506 e. The topological polar surface area (TPSA) is 32.3 Å². The summed E-state index contributed by atoms with van der Waals surface area (Å²) in [4.78, 5) is 0. The first-order chi connectivity index (χ1) is 6.38. The van der Waals surface area contributed by atoms with Gasteiger partial charge in [-0.1, -0.05) is 17.7 Å². The number of phenolic OH excluding ortho intramolecular Hbond substituents is 1. The van der Waals surface area contributed by atoms with Crippen molar-refractivity contribution in [2.75, 3.05) is 0 Å². The van der Waals surface area contributed by atoms with Gasteiger partial charge in [-0.3, -0.25) is 0 Å². The molecule has 0 radical (unpaired) electrons. The highest BCUT2D eigenvalue weighted by molar-refractivity contribution is 6.32. The molecule has 0 saturated carbocycles. The molecule has 1 aromatic carbocycles. The molecule has 2 N–H and O–H groups in total. The number of benzene rings is 1. The van der Waals surface area contributed by atoms with E-state index in [1.54, 1.807) is 12.1 Å². The molecule has 0 spiro atoms. The van der Waals surface area contributed by atoms with Gasteiger partial charge in [0.15, 0.2) is 0 Å². The predicted octanol–water partition coefficient (Wildman–Crippen LogP) is 2.93. The molecule has 0 amide bonds. The van der Waals surface area contributed by atoms with E-state index in [0.29, 0.717) is 5.02 Å². The van der Waals surface area contributed by atoms with Gasteiger partial charge in [0.1, 0.15) is 5.75 Å². The summed E-state index contributed by atoms with van der Waals surface area (Å²) in [5.41, 5.74) is 1.16. The van der Waals surface area contributed by atoms with Crippen LogP contribution < -0.4 is 5.32 Å². The van der Waals surface area contributed by atoms with Crippen LogP contribution in [0, 0.1) is 0 Å². The highest BCUT2D eigenvalue weighted by Gasteiger charge is 2.08. The molecule has 0 unspecified atom stereocenters. The number of halogens is 1. The lowest BCUT2D eigenvalue weighted by Crippen LogP contribution is -2.35. The van der Waals surface area contributed by atoms with E-state index in [1.807, 2.05) is 6.07 Å². The first-order valence-electron chi connectivity index (χ1n) is 4.61. The average molecular weight is 214 g/mol. The third kappa shape index (κ3) is 3.56. The van der Waals surface area contributed by atoms with Crippen molar-refractivity contribution in [3.8, 4) is 5.75 Å². The quantitative estimate of drug-likeness (QED) is 0.792. The van der Waals surface area contributed by atoms with Crippen LogP contribution in [-0.2, 0) is 6.54 Å². The minimum atomic E-state index is 0.0877. The molecule has 0 aliphatic carbocycles. The van der Waals surface area contributed by atoms with Crippen LogP contribution in [0.2, 0.25) is 5.02 Å². The third-order valence-corrected chi connectivity index (χ3v) is 2.14. The van der Waals surface area contributed by atoms with E-state index in [4.69, 9.17) is 11.6 Å². The maximum atomic E-state index is 9.22. The van der Waals surface area contributed by atoms with E-state index in [1.165, 1.54) is 0 Å². The molecule has 0 atom stereocenters. The molecular weight excluding hydrogens is 198 g/mol. The first kappa shape index (κ1) is 11.3. The van der Waals surface area contributed by atoms with Gasteiger partial charge in [-0.05, 0) is 38.5 Å². The standard InChI is InChI=1S/C11H16ClNO/c1-11(2,3)13-7-8-4-5-10(14)9(12)6-8/h4-6,13-14H,7H2,1-3H3. The van der Waals surface area contributed by atoms with Crippen molar-refractivity contribution in [2.24, 2.45) is 0 Å². The van der Waals surface area contributed by atoms with E-state index in [9.17, 15) is 5.11 Å². The Morgan fingerprint density at radius 1 is 1.36 bits per heavy atom. The summed E-state index contributed by atoms with van der Waals surface area (Å²) < 4.78 is 0. The zero-order valence-corrected chi connectivity index (χ0v) is 9.52. The van der Waals surface area contributed by atoms with Crippen LogP contribution in [0.25, 0.3) is 0 Å². The zero-order valence-electron chi connectivity index (χ0n) is 8.76. The smallest absolute Gasteiger partial charge is 0.134 e. The number of aromatic hydroxyl groups is 1. The highest BCUT2D eigenvalue weighted by Crippen LogP contribution is 2.23. The average Bonchev–Trinajstić information content (AvgIpc) is 2.06. The number of nitrogens with one attached hydrogen (secondary N) is 1. The van der Waals surface area contributed by atoms with Crippen LogP contribution in [0.1, 0.15) is 26.3 Å². The van der Waals surface area contributed by atoms with E-state index in [0.717, 1.165) is 12.1 Å². The summed E-state index contributed by atoms with van der Waals surface area (Å²) in [6.07, 6.45) is 0. The van der Waals surface area contributed by atoms with Crippen LogP contribution in [-0.4, -0.2) is 10.6 Å². The third-order valence-electron chi connectivity index (χ3n) is 1.83. The molecule has 2 nitrogen and oxygen atoms in total. The predicted molar refractivity (Wildman–Crippen MR) is 59.7 cm³/mol. The Labute approximate surface area is 89.9 Å². The molecule has 3 heteroatoms. The van der Waals surface area contributed by atoms with Crippen LogP contribution >= 0.6 is 11.6 Å². The van der Waals surface area contributed by atoms with Gasteiger partial charge in [0.2, 0.25) is 0 Å². The van der Waals surface area contributed by atoms with Gasteiger partial charge in [0.25, 0.3) is 0 Å². The number of rotatable bonds is 2. The normalized spacial score (nSPS) is 11.7. The SMILES string of the molecule is CC(C)(C)NCc1ccc(O)c(Cl)c1. The van der Waals surface area contributed by atoms with Crippen molar-refractivity contribution < 1.29 is 5.11 Å². The van der Waals surface area contributed by atoms with Gasteiger partial charge >= 0.3 is 0 Å². The summed E-state index contributed by atoms with van der Waals surface area (Å²) in [6.45, 7) is 7.07. The summed E-state index contributed by atoms with van der Waals surface area (Å²) in [6, 6.07) is 5.25. The molecule has 0 aromatic heterocycles. The fraction of sp³-hybridized carbons (Fsp3) is 0.455. The summed E-state index contributed by atoms with van der Waals surface area (Å²) >= 11 is 5.79.